The van der Waals surface area contributed by atoms with Gasteiger partial charge in [0.2, 0.25) is 0 Å². The van der Waals surface area contributed by atoms with Crippen molar-refractivity contribution in [3.8, 4) is 11.5 Å². The Bertz CT molecular complexity index is 1190. The summed E-state index contributed by atoms with van der Waals surface area (Å²) < 4.78 is 29.8. The van der Waals surface area contributed by atoms with Crippen molar-refractivity contribution >= 4 is 29.3 Å². The molecule has 10 heteroatoms. The van der Waals surface area contributed by atoms with Crippen molar-refractivity contribution in [1.29, 1.82) is 0 Å². The number of rotatable bonds is 16. The van der Waals surface area contributed by atoms with Gasteiger partial charge in [-0.25, -0.2) is 14.0 Å². The second kappa shape index (κ2) is 16.3. The van der Waals surface area contributed by atoms with Crippen LogP contribution in [0.25, 0.3) is 0 Å². The van der Waals surface area contributed by atoms with Crippen molar-refractivity contribution in [1.82, 2.24) is 4.90 Å². The first-order valence-corrected chi connectivity index (χ1v) is 13.5. The van der Waals surface area contributed by atoms with Crippen molar-refractivity contribution in [2.24, 2.45) is 0 Å². The summed E-state index contributed by atoms with van der Waals surface area (Å²) in [6.07, 6.45) is 0.746. The van der Waals surface area contributed by atoms with Gasteiger partial charge in [-0.2, -0.15) is 0 Å². The molecule has 214 valence electrons. The molecule has 0 spiro atoms. The molecule has 0 fully saturated rings. The largest absolute Gasteiger partial charge is 0.494 e. The fourth-order valence-corrected chi connectivity index (χ4v) is 3.93. The van der Waals surface area contributed by atoms with Crippen LogP contribution in [-0.4, -0.2) is 61.0 Å². The first kappa shape index (κ1) is 30.7. The summed E-state index contributed by atoms with van der Waals surface area (Å²) in [7, 11) is 0. The number of hydrogen-bond acceptors (Lipinski definition) is 5. The molecule has 3 aromatic rings. The quantitative estimate of drug-likeness (QED) is 0.196. The summed E-state index contributed by atoms with van der Waals surface area (Å²) >= 11 is 5.95. The molecule has 0 radical (unpaired) electrons. The highest BCUT2D eigenvalue weighted by Gasteiger charge is 2.18. The molecule has 2 N–H and O–H groups in total. The van der Waals surface area contributed by atoms with Gasteiger partial charge in [-0.3, -0.25) is 0 Å². The number of halogens is 2. The van der Waals surface area contributed by atoms with Gasteiger partial charge >= 0.3 is 12.0 Å². The van der Waals surface area contributed by atoms with Crippen LogP contribution >= 0.6 is 11.6 Å². The number of carboxylic acids is 1. The molecule has 2 amide bonds. The highest BCUT2D eigenvalue weighted by atomic mass is 35.5. The van der Waals surface area contributed by atoms with E-state index in [1.165, 1.54) is 12.1 Å². The van der Waals surface area contributed by atoms with Crippen LogP contribution in [0.4, 0.5) is 14.9 Å². The van der Waals surface area contributed by atoms with Gasteiger partial charge < -0.3 is 29.5 Å². The van der Waals surface area contributed by atoms with Gasteiger partial charge in [-0.05, 0) is 86.0 Å². The Balaban J connectivity index is 1.51. The maximum atomic E-state index is 13.1. The third-order valence-electron chi connectivity index (χ3n) is 5.91. The summed E-state index contributed by atoms with van der Waals surface area (Å²) in [5.74, 6) is -0.116. The van der Waals surface area contributed by atoms with Crippen LogP contribution in [-0.2, 0) is 16.0 Å². The average Bonchev–Trinajstić information content (AvgIpc) is 2.94. The van der Waals surface area contributed by atoms with Crippen molar-refractivity contribution in [3.63, 3.8) is 0 Å². The fraction of sp³-hybridized carbons (Fsp3) is 0.333. The number of carbonyl (C=O) groups excluding carboxylic acids is 1. The highest BCUT2D eigenvalue weighted by molar-refractivity contribution is 6.30. The lowest BCUT2D eigenvalue weighted by Crippen LogP contribution is -2.38. The molecule has 0 bridgehead atoms. The van der Waals surface area contributed by atoms with Crippen LogP contribution in [0.1, 0.15) is 25.3 Å². The van der Waals surface area contributed by atoms with E-state index in [1.807, 2.05) is 0 Å². The fourth-order valence-electron chi connectivity index (χ4n) is 3.80. The van der Waals surface area contributed by atoms with Crippen LogP contribution in [0.5, 0.6) is 11.5 Å². The van der Waals surface area contributed by atoms with E-state index < -0.39 is 12.1 Å². The van der Waals surface area contributed by atoms with Crippen LogP contribution in [0.15, 0.2) is 72.8 Å². The first-order chi connectivity index (χ1) is 19.3. The molecule has 1 unspecified atom stereocenters. The second-order valence-electron chi connectivity index (χ2n) is 8.91. The number of benzene rings is 3. The van der Waals surface area contributed by atoms with E-state index in [2.05, 4.69) is 5.32 Å². The number of carbonyl (C=O) groups is 2. The molecule has 3 aromatic carbocycles. The number of aliphatic carboxylic acids is 1. The topological polar surface area (TPSA) is 97.3 Å². The minimum atomic E-state index is -0.999. The van der Waals surface area contributed by atoms with Crippen molar-refractivity contribution in [2.75, 3.05) is 38.2 Å². The third-order valence-corrected chi connectivity index (χ3v) is 6.16. The van der Waals surface area contributed by atoms with E-state index in [1.54, 1.807) is 72.5 Å². The van der Waals surface area contributed by atoms with Crippen molar-refractivity contribution in [3.05, 3.63) is 89.2 Å². The zero-order valence-corrected chi connectivity index (χ0v) is 23.1. The number of hydrogen-bond donors (Lipinski definition) is 2. The van der Waals surface area contributed by atoms with Gasteiger partial charge in [0.15, 0.2) is 6.10 Å². The lowest BCUT2D eigenvalue weighted by molar-refractivity contribution is -0.149. The maximum absolute atomic E-state index is 13.1. The Morgan fingerprint density at radius 1 is 0.900 bits per heavy atom. The van der Waals surface area contributed by atoms with Gasteiger partial charge in [0.1, 0.15) is 23.9 Å². The number of unbranched alkanes of at least 4 members (excludes halogenated alkanes) is 1. The van der Waals surface area contributed by atoms with Crippen molar-refractivity contribution in [2.45, 2.75) is 32.3 Å². The molecule has 0 aliphatic carbocycles. The molecule has 0 saturated carbocycles. The molecule has 3 rings (SSSR count). The Hall–Kier alpha value is -3.82. The highest BCUT2D eigenvalue weighted by Crippen LogP contribution is 2.17. The molecule has 1 atom stereocenters. The predicted octanol–water partition coefficient (Wildman–Crippen LogP) is 6.28. The third kappa shape index (κ3) is 10.7. The monoisotopic (exact) mass is 572 g/mol. The molecule has 0 aliphatic heterocycles. The minimum Gasteiger partial charge on any atom is -0.494 e. The van der Waals surface area contributed by atoms with Gasteiger partial charge in [-0.1, -0.05) is 23.7 Å². The number of carboxylic acid groups (broad SMARTS) is 1. The van der Waals surface area contributed by atoms with Crippen LogP contribution < -0.4 is 14.8 Å². The molecular formula is C30H34ClFN2O6. The lowest BCUT2D eigenvalue weighted by Gasteiger charge is -2.23. The van der Waals surface area contributed by atoms with Crippen LogP contribution in [0.2, 0.25) is 5.02 Å². The Labute approximate surface area is 238 Å². The summed E-state index contributed by atoms with van der Waals surface area (Å²) in [5.41, 5.74) is 1.45. The second-order valence-corrected chi connectivity index (χ2v) is 9.35. The van der Waals surface area contributed by atoms with E-state index in [0.29, 0.717) is 61.4 Å². The molecule has 0 heterocycles. The zero-order valence-electron chi connectivity index (χ0n) is 22.4. The van der Waals surface area contributed by atoms with Gasteiger partial charge in [0.05, 0.1) is 13.2 Å². The van der Waals surface area contributed by atoms with Gasteiger partial charge in [-0.15, -0.1) is 0 Å². The normalized spacial score (nSPS) is 11.5. The van der Waals surface area contributed by atoms with Crippen LogP contribution in [0.3, 0.4) is 0 Å². The number of amides is 2. The van der Waals surface area contributed by atoms with Gasteiger partial charge in [0, 0.05) is 30.3 Å². The summed E-state index contributed by atoms with van der Waals surface area (Å²) in [6.45, 7) is 3.59. The van der Waals surface area contributed by atoms with E-state index in [4.69, 9.17) is 25.8 Å². The minimum absolute atomic E-state index is 0.257. The molecular weight excluding hydrogens is 539 g/mol. The SMILES string of the molecule is CCOC(Cc1ccc(OCCN(CCCCOc2ccc(F)cc2)C(=O)Nc2ccc(Cl)cc2)cc1)C(=O)O. The maximum Gasteiger partial charge on any atom is 0.333 e. The smallest absolute Gasteiger partial charge is 0.333 e. The summed E-state index contributed by atoms with van der Waals surface area (Å²) in [6, 6.07) is 19.6. The van der Waals surface area contributed by atoms with E-state index >= 15 is 0 Å². The van der Waals surface area contributed by atoms with E-state index in [0.717, 1.165) is 5.56 Å². The molecule has 0 aliphatic rings. The average molecular weight is 573 g/mol. The van der Waals surface area contributed by atoms with E-state index in [-0.39, 0.29) is 24.9 Å². The van der Waals surface area contributed by atoms with Gasteiger partial charge in [0.25, 0.3) is 0 Å². The van der Waals surface area contributed by atoms with Crippen LogP contribution in [0, 0.1) is 5.82 Å². The molecule has 0 aromatic heterocycles. The molecule has 0 saturated heterocycles. The number of nitrogens with zero attached hydrogens (tertiary/aromatic N) is 1. The Kier molecular flexibility index (Phi) is 12.5. The summed E-state index contributed by atoms with van der Waals surface area (Å²) in [5, 5.41) is 12.7. The van der Waals surface area contributed by atoms with E-state index in [9.17, 15) is 19.1 Å². The molecule has 8 nitrogen and oxygen atoms in total. The Morgan fingerprint density at radius 2 is 1.52 bits per heavy atom. The number of anilines is 1. The zero-order chi connectivity index (χ0) is 28.7. The number of urea groups is 1. The number of nitrogens with one attached hydrogen (secondary N) is 1. The number of ether oxygens (including phenoxy) is 3. The lowest BCUT2D eigenvalue weighted by atomic mass is 10.1. The Morgan fingerprint density at radius 3 is 2.15 bits per heavy atom. The standard InChI is InChI=1S/C30H34ClFN2O6/c1-2-38-28(29(35)36)21-22-5-13-26(14-6-22)40-20-18-34(30(37)33-25-11-7-23(31)8-12-25)17-3-4-19-39-27-15-9-24(32)10-16-27/h5-16,28H,2-4,17-21H2,1H3,(H,33,37)(H,35,36). The predicted molar refractivity (Wildman–Crippen MR) is 152 cm³/mol. The molecule has 40 heavy (non-hydrogen) atoms. The summed E-state index contributed by atoms with van der Waals surface area (Å²) in [4.78, 5) is 26.0. The van der Waals surface area contributed by atoms with Crippen molar-refractivity contribution < 1.29 is 33.3 Å². The first-order valence-electron chi connectivity index (χ1n) is 13.1.